The van der Waals surface area contributed by atoms with Crippen molar-refractivity contribution < 1.29 is 9.53 Å². The minimum Gasteiger partial charge on any atom is -0.465 e. The summed E-state index contributed by atoms with van der Waals surface area (Å²) in [5.74, 6) is -0.179. The normalized spacial score (nSPS) is 13.2. The third kappa shape index (κ3) is 4.79. The van der Waals surface area contributed by atoms with Crippen LogP contribution < -0.4 is 5.32 Å². The van der Waals surface area contributed by atoms with E-state index in [1.165, 1.54) is 0 Å². The summed E-state index contributed by atoms with van der Waals surface area (Å²) in [7, 11) is 0. The van der Waals surface area contributed by atoms with Gasteiger partial charge < -0.3 is 10.1 Å². The lowest BCUT2D eigenvalue weighted by atomic mass is 10.3. The second-order valence-corrected chi connectivity index (χ2v) is 2.80. The lowest BCUT2D eigenvalue weighted by molar-refractivity contribution is -0.145. The molecule has 0 rings (SSSR count). The molecule has 11 heavy (non-hydrogen) atoms. The first-order chi connectivity index (χ1) is 5.07. The van der Waals surface area contributed by atoms with Crippen molar-refractivity contribution in [2.75, 3.05) is 6.61 Å². The summed E-state index contributed by atoms with van der Waals surface area (Å²) < 4.78 is 4.80. The van der Waals surface area contributed by atoms with Crippen LogP contribution >= 0.6 is 0 Å². The van der Waals surface area contributed by atoms with Crippen LogP contribution in [0.15, 0.2) is 0 Å². The van der Waals surface area contributed by atoms with Crippen molar-refractivity contribution in [3.05, 3.63) is 0 Å². The molecule has 3 heteroatoms. The highest BCUT2D eigenvalue weighted by molar-refractivity contribution is 5.75. The van der Waals surface area contributed by atoms with Crippen molar-refractivity contribution in [3.8, 4) is 0 Å². The molecule has 1 unspecified atom stereocenters. The number of carbonyl (C=O) groups excluding carboxylic acids is 1. The molecule has 0 aromatic rings. The topological polar surface area (TPSA) is 38.3 Å². The Kier molecular flexibility index (Phi) is 4.86. The number of rotatable bonds is 4. The molecule has 0 saturated heterocycles. The summed E-state index contributed by atoms with van der Waals surface area (Å²) in [6.07, 6.45) is 0. The molecule has 0 amide bonds. The molecular weight excluding hydrogens is 142 g/mol. The van der Waals surface area contributed by atoms with E-state index in [1.54, 1.807) is 13.8 Å². The first-order valence-electron chi connectivity index (χ1n) is 4.00. The van der Waals surface area contributed by atoms with Crippen molar-refractivity contribution in [1.29, 1.82) is 0 Å². The van der Waals surface area contributed by atoms with E-state index in [1.807, 2.05) is 13.8 Å². The number of esters is 1. The Morgan fingerprint density at radius 2 is 2.00 bits per heavy atom. The summed E-state index contributed by atoms with van der Waals surface area (Å²) in [6.45, 7) is 8.05. The van der Waals surface area contributed by atoms with Crippen LogP contribution in [-0.2, 0) is 9.53 Å². The van der Waals surface area contributed by atoms with Gasteiger partial charge in [-0.2, -0.15) is 0 Å². The minimum absolute atomic E-state index is 0.179. The molecule has 0 radical (unpaired) electrons. The predicted octanol–water partition coefficient (Wildman–Crippen LogP) is 0.936. The average Bonchev–Trinajstić information content (AvgIpc) is 1.86. The second kappa shape index (κ2) is 5.13. The van der Waals surface area contributed by atoms with Gasteiger partial charge in [0.05, 0.1) is 6.61 Å². The number of nitrogens with one attached hydrogen (secondary N) is 1. The van der Waals surface area contributed by atoms with E-state index in [9.17, 15) is 4.79 Å². The largest absolute Gasteiger partial charge is 0.465 e. The molecule has 0 heterocycles. The summed E-state index contributed by atoms with van der Waals surface area (Å²) in [5, 5.41) is 3.05. The second-order valence-electron chi connectivity index (χ2n) is 2.80. The molecule has 0 bridgehead atoms. The molecule has 0 aliphatic heterocycles. The summed E-state index contributed by atoms with van der Waals surface area (Å²) in [6, 6.07) is 0.115. The van der Waals surface area contributed by atoms with Gasteiger partial charge in [-0.1, -0.05) is 13.8 Å². The minimum atomic E-state index is -0.199. The van der Waals surface area contributed by atoms with Crippen molar-refractivity contribution in [1.82, 2.24) is 5.32 Å². The highest BCUT2D eigenvalue weighted by atomic mass is 16.5. The maximum Gasteiger partial charge on any atom is 0.322 e. The summed E-state index contributed by atoms with van der Waals surface area (Å²) in [4.78, 5) is 11.0. The van der Waals surface area contributed by atoms with Crippen molar-refractivity contribution in [2.24, 2.45) is 0 Å². The Labute approximate surface area is 68.1 Å². The molecule has 0 spiro atoms. The van der Waals surface area contributed by atoms with E-state index in [0.29, 0.717) is 12.6 Å². The smallest absolute Gasteiger partial charge is 0.322 e. The van der Waals surface area contributed by atoms with Gasteiger partial charge in [-0.05, 0) is 13.8 Å². The van der Waals surface area contributed by atoms with E-state index in [0.717, 1.165) is 0 Å². The van der Waals surface area contributed by atoms with Crippen LogP contribution in [0.3, 0.4) is 0 Å². The van der Waals surface area contributed by atoms with E-state index in [2.05, 4.69) is 5.32 Å². The third-order valence-electron chi connectivity index (χ3n) is 1.22. The van der Waals surface area contributed by atoms with Gasteiger partial charge in [0.25, 0.3) is 0 Å². The summed E-state index contributed by atoms with van der Waals surface area (Å²) in [5.41, 5.74) is 0. The molecule has 3 nitrogen and oxygen atoms in total. The number of hydrogen-bond donors (Lipinski definition) is 1. The van der Waals surface area contributed by atoms with Crippen LogP contribution in [0, 0.1) is 0 Å². The number of ether oxygens (including phenoxy) is 1. The zero-order valence-corrected chi connectivity index (χ0v) is 7.68. The third-order valence-corrected chi connectivity index (χ3v) is 1.22. The van der Waals surface area contributed by atoms with Gasteiger partial charge in [0.1, 0.15) is 6.04 Å². The van der Waals surface area contributed by atoms with Gasteiger partial charge in [-0.25, -0.2) is 0 Å². The molecule has 0 aromatic carbocycles. The van der Waals surface area contributed by atoms with Crippen molar-refractivity contribution >= 4 is 5.97 Å². The molecule has 0 aliphatic rings. The standard InChI is InChI=1S/C8H17NO2/c1-5-11-8(10)7(4)9-6(2)3/h6-7,9H,5H2,1-4H3. The summed E-state index contributed by atoms with van der Waals surface area (Å²) >= 11 is 0. The SMILES string of the molecule is CCOC(=O)C(C)NC(C)C. The van der Waals surface area contributed by atoms with Gasteiger partial charge in [0.2, 0.25) is 0 Å². The van der Waals surface area contributed by atoms with Crippen LogP contribution in [-0.4, -0.2) is 24.7 Å². The Hall–Kier alpha value is -0.570. The fourth-order valence-corrected chi connectivity index (χ4v) is 0.835. The number of hydrogen-bond acceptors (Lipinski definition) is 3. The quantitative estimate of drug-likeness (QED) is 0.620. The Morgan fingerprint density at radius 1 is 1.45 bits per heavy atom. The Bertz CT molecular complexity index is 123. The molecule has 0 aliphatic carbocycles. The van der Waals surface area contributed by atoms with E-state index >= 15 is 0 Å². The van der Waals surface area contributed by atoms with Crippen LogP contribution in [0.25, 0.3) is 0 Å². The maximum atomic E-state index is 11.0. The Morgan fingerprint density at radius 3 is 2.36 bits per heavy atom. The molecular formula is C8H17NO2. The molecule has 1 atom stereocenters. The molecule has 0 fully saturated rings. The Balaban J connectivity index is 3.64. The van der Waals surface area contributed by atoms with E-state index < -0.39 is 0 Å². The number of carbonyl (C=O) groups is 1. The predicted molar refractivity (Wildman–Crippen MR) is 44.4 cm³/mol. The van der Waals surface area contributed by atoms with Gasteiger partial charge in [-0.3, -0.25) is 4.79 Å². The average molecular weight is 159 g/mol. The van der Waals surface area contributed by atoms with Gasteiger partial charge in [0, 0.05) is 6.04 Å². The first kappa shape index (κ1) is 10.4. The lowest BCUT2D eigenvalue weighted by Gasteiger charge is -2.14. The maximum absolute atomic E-state index is 11.0. The fourth-order valence-electron chi connectivity index (χ4n) is 0.835. The van der Waals surface area contributed by atoms with Crippen LogP contribution in [0.4, 0.5) is 0 Å². The van der Waals surface area contributed by atoms with E-state index in [4.69, 9.17) is 4.74 Å². The van der Waals surface area contributed by atoms with Crippen LogP contribution in [0.5, 0.6) is 0 Å². The van der Waals surface area contributed by atoms with Crippen molar-refractivity contribution in [3.63, 3.8) is 0 Å². The van der Waals surface area contributed by atoms with Gasteiger partial charge >= 0.3 is 5.97 Å². The van der Waals surface area contributed by atoms with Crippen molar-refractivity contribution in [2.45, 2.75) is 39.8 Å². The molecule has 66 valence electrons. The van der Waals surface area contributed by atoms with E-state index in [-0.39, 0.29) is 12.0 Å². The molecule has 1 N–H and O–H groups in total. The monoisotopic (exact) mass is 159 g/mol. The highest BCUT2D eigenvalue weighted by Gasteiger charge is 2.13. The zero-order chi connectivity index (χ0) is 8.85. The molecule has 0 aromatic heterocycles. The van der Waals surface area contributed by atoms with Gasteiger partial charge in [-0.15, -0.1) is 0 Å². The highest BCUT2D eigenvalue weighted by Crippen LogP contribution is 1.89. The van der Waals surface area contributed by atoms with Crippen LogP contribution in [0.1, 0.15) is 27.7 Å². The first-order valence-corrected chi connectivity index (χ1v) is 4.00. The zero-order valence-electron chi connectivity index (χ0n) is 7.68. The van der Waals surface area contributed by atoms with Crippen LogP contribution in [0.2, 0.25) is 0 Å². The fraction of sp³-hybridized carbons (Fsp3) is 0.875. The lowest BCUT2D eigenvalue weighted by Crippen LogP contribution is -2.39. The van der Waals surface area contributed by atoms with Gasteiger partial charge in [0.15, 0.2) is 0 Å². The molecule has 0 saturated carbocycles.